The van der Waals surface area contributed by atoms with Crippen LogP contribution in [0.3, 0.4) is 0 Å². The lowest BCUT2D eigenvalue weighted by atomic mass is 10.2. The van der Waals surface area contributed by atoms with Gasteiger partial charge in [0.2, 0.25) is 4.96 Å². The molecule has 0 unspecified atom stereocenters. The van der Waals surface area contributed by atoms with Crippen LogP contribution in [0, 0.1) is 0 Å². The van der Waals surface area contributed by atoms with Gasteiger partial charge < -0.3 is 0 Å². The van der Waals surface area contributed by atoms with E-state index in [-0.39, 0.29) is 11.3 Å². The minimum atomic E-state index is -0.437. The van der Waals surface area contributed by atoms with E-state index in [9.17, 15) is 9.59 Å². The Kier molecular flexibility index (Phi) is 4.40. The van der Waals surface area contributed by atoms with Crippen LogP contribution in [-0.4, -0.2) is 20.9 Å². The fraction of sp³-hybridized carbons (Fsp3) is 0.0526. The largest absolute Gasteiger partial charge is 0.300 e. The monoisotopic (exact) mass is 379 g/mol. The number of hydrogen-bond donors (Lipinski definition) is 0. The van der Waals surface area contributed by atoms with Crippen LogP contribution >= 0.6 is 23.1 Å². The molecule has 5 nitrogen and oxygen atoms in total. The van der Waals surface area contributed by atoms with Crippen molar-refractivity contribution in [3.05, 3.63) is 85.4 Å². The zero-order chi connectivity index (χ0) is 18.1. The van der Waals surface area contributed by atoms with Gasteiger partial charge in [0.25, 0.3) is 5.56 Å². The standard InChI is InChI=1S/C19H13N3O2S2/c1-25-14-9-7-12(8-10-14)11-15-18(24)22-19(26-15)20-17(23)16(21-22)13-5-3-2-4-6-13/h2-11H,1H3/b15-11+. The molecule has 0 N–H and O–H groups in total. The van der Waals surface area contributed by atoms with E-state index in [1.165, 1.54) is 4.52 Å². The topological polar surface area (TPSA) is 64.3 Å². The SMILES string of the molecule is CSc1ccc(/C=c2/sc3nc(=O)c(-c4ccccc4)nn3c2=O)cc1. The lowest BCUT2D eigenvalue weighted by Gasteiger charge is -1.98. The van der Waals surface area contributed by atoms with Crippen LogP contribution in [0.4, 0.5) is 0 Å². The first-order valence-corrected chi connectivity index (χ1v) is 9.85. The summed E-state index contributed by atoms with van der Waals surface area (Å²) in [6, 6.07) is 16.9. The highest BCUT2D eigenvalue weighted by Crippen LogP contribution is 2.15. The molecular formula is C19H13N3O2S2. The summed E-state index contributed by atoms with van der Waals surface area (Å²) in [5, 5.41) is 4.25. The van der Waals surface area contributed by atoms with Gasteiger partial charge in [-0.25, -0.2) is 0 Å². The second-order valence-electron chi connectivity index (χ2n) is 5.51. The van der Waals surface area contributed by atoms with Crippen molar-refractivity contribution < 1.29 is 0 Å². The van der Waals surface area contributed by atoms with Gasteiger partial charge >= 0.3 is 5.56 Å². The number of aromatic nitrogens is 3. The Hall–Kier alpha value is -2.77. The molecule has 128 valence electrons. The van der Waals surface area contributed by atoms with E-state index in [4.69, 9.17) is 0 Å². The van der Waals surface area contributed by atoms with Gasteiger partial charge in [0.05, 0.1) is 4.53 Å². The Morgan fingerprint density at radius 2 is 1.77 bits per heavy atom. The summed E-state index contributed by atoms with van der Waals surface area (Å²) >= 11 is 2.82. The zero-order valence-corrected chi connectivity index (χ0v) is 15.4. The molecule has 2 aromatic heterocycles. The van der Waals surface area contributed by atoms with Crippen molar-refractivity contribution >= 4 is 34.1 Å². The van der Waals surface area contributed by atoms with Crippen molar-refractivity contribution in [2.45, 2.75) is 4.90 Å². The van der Waals surface area contributed by atoms with Gasteiger partial charge in [0, 0.05) is 10.5 Å². The molecule has 0 saturated carbocycles. The van der Waals surface area contributed by atoms with Crippen molar-refractivity contribution in [3.63, 3.8) is 0 Å². The highest BCUT2D eigenvalue weighted by atomic mass is 32.2. The summed E-state index contributed by atoms with van der Waals surface area (Å²) < 4.78 is 1.70. The van der Waals surface area contributed by atoms with Gasteiger partial charge in [-0.3, -0.25) is 9.59 Å². The molecule has 4 rings (SSSR count). The third-order valence-electron chi connectivity index (χ3n) is 3.85. The van der Waals surface area contributed by atoms with Crippen molar-refractivity contribution in [3.8, 4) is 11.3 Å². The Balaban J connectivity index is 1.88. The molecule has 26 heavy (non-hydrogen) atoms. The van der Waals surface area contributed by atoms with Crippen molar-refractivity contribution in [1.82, 2.24) is 14.6 Å². The molecule has 0 saturated heterocycles. The Bertz CT molecular complexity index is 1250. The molecule has 2 heterocycles. The molecule has 0 radical (unpaired) electrons. The van der Waals surface area contributed by atoms with E-state index in [1.54, 1.807) is 30.0 Å². The maximum Gasteiger partial charge on any atom is 0.300 e. The van der Waals surface area contributed by atoms with Crippen LogP contribution < -0.4 is 15.7 Å². The molecule has 4 aromatic rings. The number of thiazole rings is 1. The molecule has 0 aliphatic carbocycles. The van der Waals surface area contributed by atoms with Gasteiger partial charge in [0.1, 0.15) is 0 Å². The Morgan fingerprint density at radius 3 is 2.46 bits per heavy atom. The number of nitrogens with zero attached hydrogens (tertiary/aromatic N) is 3. The van der Waals surface area contributed by atoms with E-state index in [0.29, 0.717) is 15.1 Å². The summed E-state index contributed by atoms with van der Waals surface area (Å²) in [4.78, 5) is 30.5. The maximum absolute atomic E-state index is 12.7. The van der Waals surface area contributed by atoms with Crippen LogP contribution in [0.2, 0.25) is 0 Å². The zero-order valence-electron chi connectivity index (χ0n) is 13.7. The quantitative estimate of drug-likeness (QED) is 0.512. The first-order valence-electron chi connectivity index (χ1n) is 7.81. The van der Waals surface area contributed by atoms with Crippen molar-refractivity contribution in [2.75, 3.05) is 6.26 Å². The molecule has 0 spiro atoms. The van der Waals surface area contributed by atoms with Gasteiger partial charge in [-0.1, -0.05) is 53.8 Å². The van der Waals surface area contributed by atoms with Crippen LogP contribution in [0.5, 0.6) is 0 Å². The highest BCUT2D eigenvalue weighted by molar-refractivity contribution is 7.98. The van der Waals surface area contributed by atoms with Crippen LogP contribution in [0.25, 0.3) is 22.3 Å². The van der Waals surface area contributed by atoms with Crippen LogP contribution in [0.1, 0.15) is 5.56 Å². The predicted molar refractivity (Wildman–Crippen MR) is 106 cm³/mol. The van der Waals surface area contributed by atoms with Crippen LogP contribution in [0.15, 0.2) is 69.1 Å². The molecule has 0 aliphatic rings. The van der Waals surface area contributed by atoms with E-state index in [1.807, 2.05) is 48.7 Å². The minimum Gasteiger partial charge on any atom is -0.266 e. The first kappa shape index (κ1) is 16.7. The molecule has 2 aromatic carbocycles. The number of thioether (sulfide) groups is 1. The third kappa shape index (κ3) is 3.07. The number of hydrogen-bond acceptors (Lipinski definition) is 6. The highest BCUT2D eigenvalue weighted by Gasteiger charge is 2.12. The lowest BCUT2D eigenvalue weighted by Crippen LogP contribution is -2.26. The third-order valence-corrected chi connectivity index (χ3v) is 5.55. The summed E-state index contributed by atoms with van der Waals surface area (Å²) in [7, 11) is 0. The molecule has 0 fully saturated rings. The average Bonchev–Trinajstić information content (AvgIpc) is 2.97. The Labute approximate surface area is 156 Å². The molecule has 7 heteroatoms. The summed E-state index contributed by atoms with van der Waals surface area (Å²) in [6.07, 6.45) is 3.80. The summed E-state index contributed by atoms with van der Waals surface area (Å²) in [5.74, 6) is 0. The number of rotatable bonds is 3. The molecule has 0 atom stereocenters. The second kappa shape index (κ2) is 6.86. The fourth-order valence-corrected chi connectivity index (χ4v) is 3.85. The van der Waals surface area contributed by atoms with E-state index < -0.39 is 5.56 Å². The van der Waals surface area contributed by atoms with Crippen molar-refractivity contribution in [2.24, 2.45) is 0 Å². The van der Waals surface area contributed by atoms with Gasteiger partial charge in [0.15, 0.2) is 5.69 Å². The smallest absolute Gasteiger partial charge is 0.266 e. The molecule has 0 aliphatic heterocycles. The first-order chi connectivity index (χ1) is 12.7. The maximum atomic E-state index is 12.7. The lowest BCUT2D eigenvalue weighted by molar-refractivity contribution is 0.873. The van der Waals surface area contributed by atoms with E-state index in [2.05, 4.69) is 10.1 Å². The summed E-state index contributed by atoms with van der Waals surface area (Å²) in [6.45, 7) is 0. The van der Waals surface area contributed by atoms with Gasteiger partial charge in [-0.15, -0.1) is 11.8 Å². The van der Waals surface area contributed by atoms with Gasteiger partial charge in [-0.2, -0.15) is 14.6 Å². The number of fused-ring (bicyclic) bond motifs is 1. The second-order valence-corrected chi connectivity index (χ2v) is 7.40. The molecule has 0 amide bonds. The van der Waals surface area contributed by atoms with E-state index in [0.717, 1.165) is 21.8 Å². The number of benzene rings is 2. The minimum absolute atomic E-state index is 0.175. The summed E-state index contributed by atoms with van der Waals surface area (Å²) in [5.41, 5.74) is 1.02. The Morgan fingerprint density at radius 1 is 1.04 bits per heavy atom. The van der Waals surface area contributed by atoms with Gasteiger partial charge in [-0.05, 0) is 30.0 Å². The molecule has 0 bridgehead atoms. The van der Waals surface area contributed by atoms with Crippen LogP contribution in [-0.2, 0) is 0 Å². The predicted octanol–water partition coefficient (Wildman–Crippen LogP) is 2.45. The normalized spacial score (nSPS) is 12.0. The average molecular weight is 379 g/mol. The van der Waals surface area contributed by atoms with E-state index >= 15 is 0 Å². The van der Waals surface area contributed by atoms with Crippen molar-refractivity contribution in [1.29, 1.82) is 0 Å². The molecular weight excluding hydrogens is 366 g/mol. The fourth-order valence-electron chi connectivity index (χ4n) is 2.54.